The Kier molecular flexibility index (Phi) is 4.47. The van der Waals surface area contributed by atoms with E-state index in [0.29, 0.717) is 0 Å². The number of hydrogen-bond donors (Lipinski definition) is 0. The first-order valence-electron chi connectivity index (χ1n) is 10.9. The third-order valence-corrected chi connectivity index (χ3v) is 5.95. The minimum absolute atomic E-state index is 0.808. The van der Waals surface area contributed by atoms with Crippen LogP contribution in [0.1, 0.15) is 5.56 Å². The smallest absolute Gasteiger partial charge is 0.225 e. The van der Waals surface area contributed by atoms with Crippen LogP contribution in [-0.2, 0) is 0 Å². The lowest BCUT2D eigenvalue weighted by molar-refractivity contribution is 0.414. The molecule has 0 amide bonds. The highest BCUT2D eigenvalue weighted by Crippen LogP contribution is 2.28. The predicted octanol–water partition coefficient (Wildman–Crippen LogP) is 5.96. The summed E-state index contributed by atoms with van der Waals surface area (Å²) in [6, 6.07) is 32.9. The van der Waals surface area contributed by atoms with Crippen molar-refractivity contribution in [2.24, 2.45) is 4.99 Å². The van der Waals surface area contributed by atoms with Gasteiger partial charge in [-0.1, -0.05) is 54.1 Å². The molecule has 4 aromatic rings. The maximum Gasteiger partial charge on any atom is 0.225 e. The average Bonchev–Trinajstić information content (AvgIpc) is 2.97. The van der Waals surface area contributed by atoms with Crippen molar-refractivity contribution >= 4 is 27.5 Å². The molecule has 2 heterocycles. The molecule has 33 heavy (non-hydrogen) atoms. The number of nitrogens with zero attached hydrogens (tertiary/aromatic N) is 4. The lowest BCUT2D eigenvalue weighted by Gasteiger charge is -2.23. The second-order valence-corrected chi connectivity index (χ2v) is 8.06. The molecule has 0 radical (unpaired) electrons. The Morgan fingerprint density at radius 3 is 2.18 bits per heavy atom. The van der Waals surface area contributed by atoms with Crippen LogP contribution in [0.25, 0.3) is 33.4 Å². The number of aryl methyl sites for hydroxylation is 1. The van der Waals surface area contributed by atoms with E-state index in [4.69, 9.17) is 14.7 Å². The van der Waals surface area contributed by atoms with E-state index >= 15 is 0 Å². The fourth-order valence-electron chi connectivity index (χ4n) is 4.25. The third kappa shape index (κ3) is 3.17. The second-order valence-electron chi connectivity index (χ2n) is 8.06. The number of ether oxygens (including phenoxy) is 1. The van der Waals surface area contributed by atoms with Crippen LogP contribution in [0.15, 0.2) is 102 Å². The summed E-state index contributed by atoms with van der Waals surface area (Å²) in [6.07, 6.45) is 0. The zero-order chi connectivity index (χ0) is 22.4. The molecule has 0 aliphatic carbocycles. The summed E-state index contributed by atoms with van der Waals surface area (Å²) in [5.41, 5.74) is 5.90. The molecule has 4 aromatic carbocycles. The molecule has 5 nitrogen and oxygen atoms in total. The van der Waals surface area contributed by atoms with Gasteiger partial charge in [-0.2, -0.15) is 0 Å². The number of para-hydroxylation sites is 2. The van der Waals surface area contributed by atoms with E-state index in [1.165, 1.54) is 5.56 Å². The number of aromatic nitrogens is 3. The van der Waals surface area contributed by atoms with Crippen LogP contribution in [0.4, 0.5) is 5.69 Å². The number of hydrogen-bond acceptors (Lipinski definition) is 3. The Morgan fingerprint density at radius 2 is 1.42 bits per heavy atom. The van der Waals surface area contributed by atoms with E-state index in [0.717, 1.165) is 50.5 Å². The largest absolute Gasteiger partial charge is 0.497 e. The lowest BCUT2D eigenvalue weighted by Crippen LogP contribution is -2.41. The Bertz CT molecular complexity index is 1640. The summed E-state index contributed by atoms with van der Waals surface area (Å²) in [5, 5.41) is 2.25. The van der Waals surface area contributed by atoms with Gasteiger partial charge >= 0.3 is 0 Å². The number of methoxy groups -OCH3 is 1. The quantitative estimate of drug-likeness (QED) is 0.348. The van der Waals surface area contributed by atoms with Gasteiger partial charge in [-0.3, -0.25) is 0 Å². The molecule has 0 saturated carbocycles. The van der Waals surface area contributed by atoms with Crippen LogP contribution < -0.4 is 10.4 Å². The summed E-state index contributed by atoms with van der Waals surface area (Å²) < 4.78 is 9.60. The highest BCUT2D eigenvalue weighted by Gasteiger charge is 2.22. The lowest BCUT2D eigenvalue weighted by atomic mass is 10.1. The zero-order valence-corrected chi connectivity index (χ0v) is 18.4. The van der Waals surface area contributed by atoms with Crippen molar-refractivity contribution in [1.29, 1.82) is 0 Å². The van der Waals surface area contributed by atoms with Gasteiger partial charge in [0, 0.05) is 10.8 Å². The summed E-state index contributed by atoms with van der Waals surface area (Å²) in [7, 11) is 1.67. The second kappa shape index (κ2) is 7.64. The van der Waals surface area contributed by atoms with E-state index in [9.17, 15) is 0 Å². The highest BCUT2D eigenvalue weighted by molar-refractivity contribution is 6.04. The molecule has 6 rings (SSSR count). The highest BCUT2D eigenvalue weighted by atomic mass is 16.5. The molecule has 0 unspecified atom stereocenters. The third-order valence-electron chi connectivity index (χ3n) is 5.95. The minimum Gasteiger partial charge on any atom is -0.497 e. The van der Waals surface area contributed by atoms with Crippen LogP contribution in [-0.4, -0.2) is 21.2 Å². The van der Waals surface area contributed by atoms with Crippen molar-refractivity contribution in [3.8, 4) is 17.4 Å². The molecule has 0 bridgehead atoms. The van der Waals surface area contributed by atoms with Crippen molar-refractivity contribution in [3.63, 3.8) is 0 Å². The van der Waals surface area contributed by atoms with Crippen molar-refractivity contribution in [3.05, 3.63) is 108 Å². The molecule has 2 aliphatic rings. The number of fused-ring (bicyclic) bond motifs is 5. The first-order chi connectivity index (χ1) is 16.2. The molecular weight excluding hydrogens is 408 g/mol. The normalized spacial score (nSPS) is 12.1. The molecular formula is C28H22N4O. The molecule has 0 N–H and O–H groups in total. The van der Waals surface area contributed by atoms with Gasteiger partial charge in [-0.15, -0.1) is 0 Å². The first kappa shape index (κ1) is 19.3. The van der Waals surface area contributed by atoms with E-state index < -0.39 is 0 Å². The topological polar surface area (TPSA) is 44.3 Å². The Balaban J connectivity index is 1.77. The summed E-state index contributed by atoms with van der Waals surface area (Å²) in [5.74, 6) is 1.63. The van der Waals surface area contributed by atoms with Gasteiger partial charge in [0.25, 0.3) is 0 Å². The summed E-state index contributed by atoms with van der Waals surface area (Å²) in [4.78, 5) is 10.1. The minimum atomic E-state index is 0.808. The van der Waals surface area contributed by atoms with Crippen molar-refractivity contribution < 1.29 is 4.74 Å². The van der Waals surface area contributed by atoms with Crippen LogP contribution in [0, 0.1) is 6.92 Å². The van der Waals surface area contributed by atoms with E-state index in [1.807, 2.05) is 42.5 Å². The van der Waals surface area contributed by atoms with E-state index in [1.54, 1.807) is 7.11 Å². The summed E-state index contributed by atoms with van der Waals surface area (Å²) in [6.45, 7) is 2.08. The van der Waals surface area contributed by atoms with Crippen molar-refractivity contribution in [2.45, 2.75) is 6.92 Å². The first-order valence-corrected chi connectivity index (χ1v) is 10.9. The molecule has 5 heteroatoms. The fraction of sp³-hybridized carbons (Fsp3) is 0.0714. The zero-order valence-electron chi connectivity index (χ0n) is 18.4. The van der Waals surface area contributed by atoms with Gasteiger partial charge < -0.3 is 4.74 Å². The van der Waals surface area contributed by atoms with Gasteiger partial charge in [-0.25, -0.2) is 19.1 Å². The van der Waals surface area contributed by atoms with E-state index in [2.05, 4.69) is 70.7 Å². The van der Waals surface area contributed by atoms with Crippen molar-refractivity contribution in [1.82, 2.24) is 14.1 Å². The molecule has 0 fully saturated rings. The van der Waals surface area contributed by atoms with Gasteiger partial charge in [-0.05, 0) is 55.5 Å². The predicted molar refractivity (Wildman–Crippen MR) is 132 cm³/mol. The SMILES string of the molecule is COc1ccc(-n2c3nc4ccccc4c4ccccc4n-3c2=Nc2ccc(C)cc2)cc1. The van der Waals surface area contributed by atoms with Gasteiger partial charge in [0.15, 0.2) is 0 Å². The van der Waals surface area contributed by atoms with Gasteiger partial charge in [0.1, 0.15) is 5.75 Å². The van der Waals surface area contributed by atoms with Crippen LogP contribution >= 0.6 is 0 Å². The Hall–Kier alpha value is -4.38. The van der Waals surface area contributed by atoms with Crippen LogP contribution in [0.3, 0.4) is 0 Å². The molecule has 2 aliphatic heterocycles. The van der Waals surface area contributed by atoms with Crippen LogP contribution in [0.2, 0.25) is 0 Å². The fourth-order valence-corrected chi connectivity index (χ4v) is 4.25. The molecule has 0 atom stereocenters. The monoisotopic (exact) mass is 430 g/mol. The maximum absolute atomic E-state index is 5.36. The van der Waals surface area contributed by atoms with Crippen molar-refractivity contribution in [2.75, 3.05) is 7.11 Å². The maximum atomic E-state index is 5.36. The average molecular weight is 431 g/mol. The standard InChI is InChI=1S/C28H22N4O/c1-19-11-13-20(14-12-19)29-27-31(21-15-17-22(33-2)18-16-21)28-30-25-9-5-3-7-23(25)24-8-4-6-10-26(24)32(27)28/h3-18H,1-2H3. The molecule has 0 saturated heterocycles. The Morgan fingerprint density at radius 1 is 0.727 bits per heavy atom. The summed E-state index contributed by atoms with van der Waals surface area (Å²) >= 11 is 0. The van der Waals surface area contributed by atoms with E-state index in [-0.39, 0.29) is 0 Å². The van der Waals surface area contributed by atoms with Crippen LogP contribution in [0.5, 0.6) is 5.75 Å². The van der Waals surface area contributed by atoms with Gasteiger partial charge in [0.05, 0.1) is 29.5 Å². The molecule has 0 aromatic heterocycles. The van der Waals surface area contributed by atoms with Gasteiger partial charge in [0.2, 0.25) is 11.6 Å². The Labute approximate surface area is 191 Å². The molecule has 0 spiro atoms. The number of benzene rings is 4. The number of rotatable bonds is 3. The molecule has 160 valence electrons.